The Morgan fingerprint density at radius 1 is 1.42 bits per heavy atom. The van der Waals surface area contributed by atoms with E-state index in [1.807, 2.05) is 0 Å². The number of ether oxygens (including phenoxy) is 1. The van der Waals surface area contributed by atoms with E-state index >= 15 is 0 Å². The monoisotopic (exact) mass is 184 g/mol. The molecular weight excluding hydrogens is 175 g/mol. The normalized spacial score (nSPS) is 10.8. The Balaban J connectivity index is -0.000000500. The van der Waals surface area contributed by atoms with Gasteiger partial charge < -0.3 is 11.3 Å². The molecule has 0 saturated carbocycles. The van der Waals surface area contributed by atoms with E-state index < -0.39 is 23.6 Å². The van der Waals surface area contributed by atoms with Crippen molar-refractivity contribution < 1.29 is 55.2 Å². The van der Waals surface area contributed by atoms with Gasteiger partial charge in [-0.05, 0) is 6.92 Å². The van der Waals surface area contributed by atoms with Crippen molar-refractivity contribution in [3.8, 4) is 0 Å². The van der Waals surface area contributed by atoms with Gasteiger partial charge in [-0.15, -0.1) is 0 Å². The molecule has 0 fully saturated rings. The summed E-state index contributed by atoms with van der Waals surface area (Å²) >= 11 is 0. The third kappa shape index (κ3) is 3.85. The number of carboxylic acid groups (broad SMARTS) is 1. The average Bonchev–Trinajstić information content (AvgIpc) is 2.00. The quantitative estimate of drug-likeness (QED) is 0.214. The van der Waals surface area contributed by atoms with Crippen LogP contribution in [0.5, 0.6) is 0 Å². The molecule has 0 aliphatic rings. The Morgan fingerprint density at radius 3 is 2.08 bits per heavy atom. The van der Waals surface area contributed by atoms with Crippen molar-refractivity contribution >= 4 is 17.7 Å². The zero-order valence-corrected chi connectivity index (χ0v) is 9.16. The number of methoxy groups -OCH3 is 1. The van der Waals surface area contributed by atoms with Gasteiger partial charge in [-0.3, -0.25) is 9.59 Å². The molecule has 5 nitrogen and oxygen atoms in total. The molecule has 12 heavy (non-hydrogen) atoms. The summed E-state index contributed by atoms with van der Waals surface area (Å²) in [5.74, 6) is -4.84. The van der Waals surface area contributed by atoms with E-state index in [1.54, 1.807) is 0 Å². The minimum absolute atomic E-state index is 0. The van der Waals surface area contributed by atoms with E-state index in [0.717, 1.165) is 7.11 Å². The largest absolute Gasteiger partial charge is 1.00 e. The van der Waals surface area contributed by atoms with Gasteiger partial charge in [0.25, 0.3) is 5.78 Å². The average molecular weight is 184 g/mol. The number of ketones is 1. The number of Topliss-reactive ketones (excluding diaryl/α,β-unsaturated/α-hetero) is 1. The molecular formula is C6H9NaO5. The molecule has 0 aromatic rings. The van der Waals surface area contributed by atoms with E-state index in [4.69, 9.17) is 5.11 Å². The fourth-order valence-electron chi connectivity index (χ4n) is 0.469. The molecule has 0 saturated heterocycles. The van der Waals surface area contributed by atoms with Crippen LogP contribution in [0.2, 0.25) is 0 Å². The first-order valence-corrected chi connectivity index (χ1v) is 2.85. The summed E-state index contributed by atoms with van der Waals surface area (Å²) < 4.78 is 4.16. The molecule has 6 heteroatoms. The summed E-state index contributed by atoms with van der Waals surface area (Å²) in [6, 6.07) is 0. The van der Waals surface area contributed by atoms with Crippen molar-refractivity contribution in [2.45, 2.75) is 6.92 Å². The Kier molecular flexibility index (Phi) is 7.27. The van der Waals surface area contributed by atoms with Gasteiger partial charge in [0.2, 0.25) is 0 Å². The second-order valence-corrected chi connectivity index (χ2v) is 1.91. The zero-order valence-electron chi connectivity index (χ0n) is 8.16. The van der Waals surface area contributed by atoms with E-state index in [0.29, 0.717) is 0 Å². The molecule has 1 unspecified atom stereocenters. The number of esters is 1. The van der Waals surface area contributed by atoms with Crippen LogP contribution < -0.4 is 29.6 Å². The van der Waals surface area contributed by atoms with Crippen molar-refractivity contribution in [3.63, 3.8) is 0 Å². The third-order valence-corrected chi connectivity index (χ3v) is 1.16. The topological polar surface area (TPSA) is 80.7 Å². The summed E-state index contributed by atoms with van der Waals surface area (Å²) in [5.41, 5.74) is 0. The fraction of sp³-hybridized carbons (Fsp3) is 0.500. The number of aliphatic carboxylic acids is 1. The van der Waals surface area contributed by atoms with E-state index in [1.165, 1.54) is 6.92 Å². The second-order valence-electron chi connectivity index (χ2n) is 1.91. The predicted octanol–water partition coefficient (Wildman–Crippen LogP) is -3.43. The van der Waals surface area contributed by atoms with E-state index in [9.17, 15) is 14.4 Å². The Morgan fingerprint density at radius 2 is 1.83 bits per heavy atom. The number of carbonyl (C=O) groups excluding carboxylic acids is 2. The summed E-state index contributed by atoms with van der Waals surface area (Å²) in [4.78, 5) is 31.1. The van der Waals surface area contributed by atoms with Gasteiger partial charge in [0, 0.05) is 0 Å². The molecule has 0 spiro atoms. The fourth-order valence-corrected chi connectivity index (χ4v) is 0.469. The van der Waals surface area contributed by atoms with E-state index in [-0.39, 0.29) is 31.0 Å². The van der Waals surface area contributed by atoms with Crippen LogP contribution in [0.25, 0.3) is 0 Å². The maximum atomic E-state index is 10.6. The summed E-state index contributed by atoms with van der Waals surface area (Å²) in [7, 11) is 1.09. The molecule has 0 amide bonds. The molecule has 0 aromatic heterocycles. The van der Waals surface area contributed by atoms with E-state index in [2.05, 4.69) is 4.74 Å². The number of carbonyl (C=O) groups is 3. The predicted molar refractivity (Wildman–Crippen MR) is 34.9 cm³/mol. The van der Waals surface area contributed by atoms with Gasteiger partial charge in [-0.1, -0.05) is 0 Å². The standard InChI is InChI=1S/C6H8O5.Na.H/c1-3(6(10)11-2)4(7)5(8)9;;/h3H,1-2H3,(H,8,9);;/q;+1;-1. The van der Waals surface area contributed by atoms with Crippen molar-refractivity contribution in [1.82, 2.24) is 0 Å². The molecule has 1 atom stereocenters. The number of rotatable bonds is 3. The molecule has 0 bridgehead atoms. The summed E-state index contributed by atoms with van der Waals surface area (Å²) in [5, 5.41) is 8.14. The Bertz CT molecular complexity index is 205. The molecule has 0 aliphatic carbocycles. The van der Waals surface area contributed by atoms with Gasteiger partial charge in [0.05, 0.1) is 7.11 Å². The molecule has 64 valence electrons. The van der Waals surface area contributed by atoms with Crippen LogP contribution in [0.15, 0.2) is 0 Å². The van der Waals surface area contributed by atoms with Crippen LogP contribution in [0.3, 0.4) is 0 Å². The Labute approximate surface area is 92.9 Å². The number of hydrogen-bond donors (Lipinski definition) is 1. The maximum absolute atomic E-state index is 10.6. The minimum atomic E-state index is -1.62. The van der Waals surface area contributed by atoms with Gasteiger partial charge in [-0.2, -0.15) is 0 Å². The molecule has 0 aromatic carbocycles. The smallest absolute Gasteiger partial charge is 1.00 e. The van der Waals surface area contributed by atoms with Crippen LogP contribution in [0.4, 0.5) is 0 Å². The molecule has 1 N–H and O–H groups in total. The van der Waals surface area contributed by atoms with Gasteiger partial charge in [0.1, 0.15) is 5.92 Å². The van der Waals surface area contributed by atoms with Crippen molar-refractivity contribution in [1.29, 1.82) is 0 Å². The number of hydrogen-bond acceptors (Lipinski definition) is 4. The van der Waals surface area contributed by atoms with Crippen LogP contribution in [-0.2, 0) is 19.1 Å². The Hall–Kier alpha value is -0.390. The number of carboxylic acids is 1. The summed E-state index contributed by atoms with van der Waals surface area (Å²) in [6.45, 7) is 1.18. The first kappa shape index (κ1) is 14.2. The molecule has 0 heterocycles. The SMILES string of the molecule is COC(=O)C(C)C(=O)C(=O)O.[H-].[Na+]. The third-order valence-electron chi connectivity index (χ3n) is 1.16. The van der Waals surface area contributed by atoms with Crippen LogP contribution >= 0.6 is 0 Å². The maximum Gasteiger partial charge on any atom is 1.00 e. The van der Waals surface area contributed by atoms with Crippen LogP contribution in [0, 0.1) is 5.92 Å². The molecule has 0 radical (unpaired) electrons. The molecule has 0 aliphatic heterocycles. The van der Waals surface area contributed by atoms with Gasteiger partial charge >= 0.3 is 41.5 Å². The minimum Gasteiger partial charge on any atom is -1.00 e. The first-order chi connectivity index (χ1) is 5.00. The molecule has 0 rings (SSSR count). The second kappa shape index (κ2) is 6.16. The van der Waals surface area contributed by atoms with Crippen LogP contribution in [0.1, 0.15) is 8.35 Å². The van der Waals surface area contributed by atoms with Gasteiger partial charge in [0.15, 0.2) is 0 Å². The van der Waals surface area contributed by atoms with Gasteiger partial charge in [-0.25, -0.2) is 4.79 Å². The van der Waals surface area contributed by atoms with Crippen molar-refractivity contribution in [2.75, 3.05) is 7.11 Å². The summed E-state index contributed by atoms with van der Waals surface area (Å²) in [6.07, 6.45) is 0. The van der Waals surface area contributed by atoms with Crippen molar-refractivity contribution in [2.24, 2.45) is 5.92 Å². The van der Waals surface area contributed by atoms with Crippen molar-refractivity contribution in [3.05, 3.63) is 0 Å². The zero-order chi connectivity index (χ0) is 9.02. The van der Waals surface area contributed by atoms with Crippen LogP contribution in [-0.4, -0.2) is 29.9 Å². The first-order valence-electron chi connectivity index (χ1n) is 2.85.